The van der Waals surface area contributed by atoms with Gasteiger partial charge in [0.05, 0.1) is 30.8 Å². The van der Waals surface area contributed by atoms with E-state index in [2.05, 4.69) is 13.8 Å². The fraction of sp³-hybridized carbons (Fsp3) is 0.636. The van der Waals surface area contributed by atoms with Crippen molar-refractivity contribution in [2.45, 2.75) is 52.7 Å². The number of benzene rings is 1. The van der Waals surface area contributed by atoms with Gasteiger partial charge in [-0.2, -0.15) is 0 Å². The summed E-state index contributed by atoms with van der Waals surface area (Å²) in [5.41, 5.74) is 0.235. The molecule has 0 radical (unpaired) electrons. The minimum Gasteiger partial charge on any atom is -0.493 e. The van der Waals surface area contributed by atoms with Crippen LogP contribution in [0.4, 0.5) is 0 Å². The van der Waals surface area contributed by atoms with Crippen molar-refractivity contribution < 1.29 is 32.2 Å². The van der Waals surface area contributed by atoms with Crippen LogP contribution in [0.2, 0.25) is 0 Å². The van der Waals surface area contributed by atoms with Crippen molar-refractivity contribution in [2.24, 2.45) is 5.92 Å². The fourth-order valence-corrected chi connectivity index (χ4v) is 5.18. The number of hydrogen-bond donors (Lipinski definition) is 0. The van der Waals surface area contributed by atoms with Crippen LogP contribution in [0.15, 0.2) is 18.2 Å². The van der Waals surface area contributed by atoms with Gasteiger partial charge in [-0.3, -0.25) is 4.79 Å². The average molecular weight is 456 g/mol. The Labute approximate surface area is 184 Å². The molecule has 1 fully saturated rings. The van der Waals surface area contributed by atoms with Gasteiger partial charge in [0.15, 0.2) is 27.4 Å². The molecule has 1 aromatic rings. The lowest BCUT2D eigenvalue weighted by Crippen LogP contribution is -2.46. The average Bonchev–Trinajstić information content (AvgIpc) is 3.07. The Morgan fingerprint density at radius 2 is 1.90 bits per heavy atom. The van der Waals surface area contributed by atoms with E-state index >= 15 is 0 Å². The van der Waals surface area contributed by atoms with E-state index < -0.39 is 27.8 Å². The Balaban J connectivity index is 2.03. The molecule has 8 nitrogen and oxygen atoms in total. The topological polar surface area (TPSA) is 99.2 Å². The van der Waals surface area contributed by atoms with Crippen molar-refractivity contribution in [3.05, 3.63) is 23.8 Å². The van der Waals surface area contributed by atoms with Crippen LogP contribution in [-0.4, -0.2) is 69.1 Å². The summed E-state index contributed by atoms with van der Waals surface area (Å²) in [7, 11) is -1.64. The Morgan fingerprint density at radius 3 is 2.45 bits per heavy atom. The van der Waals surface area contributed by atoms with Gasteiger partial charge in [0.25, 0.3) is 5.91 Å². The lowest BCUT2D eigenvalue weighted by atomic mass is 10.1. The molecule has 0 spiro atoms. The second-order valence-electron chi connectivity index (χ2n) is 8.13. The number of methoxy groups -OCH3 is 1. The Kier molecular flexibility index (Phi) is 8.73. The van der Waals surface area contributed by atoms with Crippen LogP contribution >= 0.6 is 0 Å². The lowest BCUT2D eigenvalue weighted by molar-refractivity contribution is -0.141. The highest BCUT2D eigenvalue weighted by molar-refractivity contribution is 7.91. The third kappa shape index (κ3) is 6.85. The molecule has 1 aromatic carbocycles. The van der Waals surface area contributed by atoms with Crippen LogP contribution in [0.1, 0.15) is 50.9 Å². The molecule has 0 aliphatic carbocycles. The van der Waals surface area contributed by atoms with E-state index in [1.807, 2.05) is 0 Å². The van der Waals surface area contributed by atoms with Crippen molar-refractivity contribution in [1.29, 1.82) is 0 Å². The van der Waals surface area contributed by atoms with Gasteiger partial charge in [-0.05, 0) is 50.8 Å². The SMILES string of the molecule is CCN(C(=O)C(C)OC(=O)c1ccc(OCCC(C)C)c(OC)c1)C1CCS(=O)(=O)C1. The van der Waals surface area contributed by atoms with Gasteiger partial charge in [-0.25, -0.2) is 13.2 Å². The zero-order chi connectivity index (χ0) is 23.2. The van der Waals surface area contributed by atoms with Crippen molar-refractivity contribution in [3.63, 3.8) is 0 Å². The van der Waals surface area contributed by atoms with Crippen LogP contribution in [0.3, 0.4) is 0 Å². The molecule has 0 bridgehead atoms. The molecule has 1 aliphatic heterocycles. The van der Waals surface area contributed by atoms with Gasteiger partial charge in [-0.15, -0.1) is 0 Å². The van der Waals surface area contributed by atoms with E-state index in [9.17, 15) is 18.0 Å². The summed E-state index contributed by atoms with van der Waals surface area (Å²) in [6, 6.07) is 4.34. The van der Waals surface area contributed by atoms with Crippen LogP contribution in [-0.2, 0) is 19.4 Å². The van der Waals surface area contributed by atoms with Gasteiger partial charge in [0, 0.05) is 12.6 Å². The van der Waals surface area contributed by atoms with Crippen molar-refractivity contribution >= 4 is 21.7 Å². The molecule has 0 aromatic heterocycles. The number of hydrogen-bond acceptors (Lipinski definition) is 7. The summed E-state index contributed by atoms with van der Waals surface area (Å²) < 4.78 is 39.9. The highest BCUT2D eigenvalue weighted by Crippen LogP contribution is 2.29. The van der Waals surface area contributed by atoms with Crippen LogP contribution < -0.4 is 9.47 Å². The molecule has 1 heterocycles. The Hall–Kier alpha value is -2.29. The summed E-state index contributed by atoms with van der Waals surface area (Å²) in [6.07, 6.45) is 0.254. The van der Waals surface area contributed by atoms with Crippen molar-refractivity contribution in [3.8, 4) is 11.5 Å². The quantitative estimate of drug-likeness (QED) is 0.500. The molecule has 0 saturated carbocycles. The number of carbonyl (C=O) groups excluding carboxylic acids is 2. The van der Waals surface area contributed by atoms with Gasteiger partial charge in [0.2, 0.25) is 0 Å². The minimum absolute atomic E-state index is 0.0529. The second kappa shape index (κ2) is 10.8. The van der Waals surface area contributed by atoms with Crippen molar-refractivity contribution in [1.82, 2.24) is 4.90 Å². The number of amides is 1. The number of ether oxygens (including phenoxy) is 3. The van der Waals surface area contributed by atoms with E-state index in [1.54, 1.807) is 19.1 Å². The number of carbonyl (C=O) groups is 2. The maximum absolute atomic E-state index is 12.8. The molecule has 1 saturated heterocycles. The first-order valence-electron chi connectivity index (χ1n) is 10.6. The standard InChI is InChI=1S/C22H33NO7S/c1-6-23(18-10-12-31(26,27)14-18)21(24)16(4)30-22(25)17-7-8-19(20(13-17)28-5)29-11-9-15(2)3/h7-8,13,15-16,18H,6,9-12,14H2,1-5H3. The normalized spacial score (nSPS) is 18.5. The second-order valence-corrected chi connectivity index (χ2v) is 10.4. The van der Waals surface area contributed by atoms with Gasteiger partial charge >= 0.3 is 5.97 Å². The molecule has 9 heteroatoms. The van der Waals surface area contributed by atoms with E-state index in [0.29, 0.717) is 37.0 Å². The summed E-state index contributed by atoms with van der Waals surface area (Å²) in [6.45, 7) is 8.36. The van der Waals surface area contributed by atoms with Gasteiger partial charge < -0.3 is 19.1 Å². The summed E-state index contributed by atoms with van der Waals surface area (Å²) >= 11 is 0. The fourth-order valence-electron chi connectivity index (χ4n) is 3.45. The first-order chi connectivity index (χ1) is 14.6. The van der Waals surface area contributed by atoms with Crippen LogP contribution in [0, 0.1) is 5.92 Å². The molecule has 0 N–H and O–H groups in total. The summed E-state index contributed by atoms with van der Waals surface area (Å²) in [4.78, 5) is 26.9. The van der Waals surface area contributed by atoms with Gasteiger partial charge in [0.1, 0.15) is 0 Å². The van der Waals surface area contributed by atoms with E-state index in [4.69, 9.17) is 14.2 Å². The Morgan fingerprint density at radius 1 is 1.19 bits per heavy atom. The maximum Gasteiger partial charge on any atom is 0.339 e. The molecule has 31 heavy (non-hydrogen) atoms. The summed E-state index contributed by atoms with van der Waals surface area (Å²) in [5.74, 6) is 0.392. The zero-order valence-corrected chi connectivity index (χ0v) is 19.7. The molecule has 1 amide bonds. The predicted molar refractivity (Wildman–Crippen MR) is 117 cm³/mol. The van der Waals surface area contributed by atoms with E-state index in [-0.39, 0.29) is 23.1 Å². The first kappa shape index (κ1) is 25.0. The molecule has 174 valence electrons. The highest BCUT2D eigenvalue weighted by Gasteiger charge is 2.36. The number of nitrogens with zero attached hydrogens (tertiary/aromatic N) is 1. The molecule has 2 unspecified atom stereocenters. The van der Waals surface area contributed by atoms with Crippen LogP contribution in [0.25, 0.3) is 0 Å². The van der Waals surface area contributed by atoms with Crippen molar-refractivity contribution in [2.75, 3.05) is 31.8 Å². The van der Waals surface area contributed by atoms with E-state index in [0.717, 1.165) is 6.42 Å². The Bertz CT molecular complexity index is 882. The number of esters is 1. The molecular weight excluding hydrogens is 422 g/mol. The smallest absolute Gasteiger partial charge is 0.339 e. The number of rotatable bonds is 10. The largest absolute Gasteiger partial charge is 0.493 e. The predicted octanol–water partition coefficient (Wildman–Crippen LogP) is 2.70. The molecule has 2 atom stereocenters. The van der Waals surface area contributed by atoms with Crippen LogP contribution in [0.5, 0.6) is 11.5 Å². The third-order valence-electron chi connectivity index (χ3n) is 5.26. The minimum atomic E-state index is -3.13. The monoisotopic (exact) mass is 455 g/mol. The van der Waals surface area contributed by atoms with Gasteiger partial charge in [-0.1, -0.05) is 13.8 Å². The molecule has 1 aliphatic rings. The molecular formula is C22H33NO7S. The number of sulfone groups is 1. The summed E-state index contributed by atoms with van der Waals surface area (Å²) in [5, 5.41) is 0. The maximum atomic E-state index is 12.8. The lowest BCUT2D eigenvalue weighted by Gasteiger charge is -2.29. The first-order valence-corrected chi connectivity index (χ1v) is 12.4. The molecule has 2 rings (SSSR count). The van der Waals surface area contributed by atoms with E-state index in [1.165, 1.54) is 25.0 Å². The number of likely N-dealkylation sites (N-methyl/N-ethyl adjacent to an activating group) is 1. The highest BCUT2D eigenvalue weighted by atomic mass is 32.2. The zero-order valence-electron chi connectivity index (χ0n) is 18.9. The third-order valence-corrected chi connectivity index (χ3v) is 7.01.